The fraction of sp³-hybridized carbons (Fsp3) is 0.385. The van der Waals surface area contributed by atoms with Gasteiger partial charge in [-0.15, -0.1) is 0 Å². The molecule has 0 atom stereocenters. The molecule has 1 aromatic rings. The molecule has 1 amide bonds. The molecule has 1 N–H and O–H groups in total. The number of nitrogens with zero attached hydrogens (tertiary/aromatic N) is 1. The highest BCUT2D eigenvalue weighted by molar-refractivity contribution is 5.76. The number of aryl methyl sites for hydroxylation is 2. The molecular weight excluding hydrogens is 200 g/mol. The van der Waals surface area contributed by atoms with Gasteiger partial charge >= 0.3 is 0 Å². The monoisotopic (exact) mass is 216 g/mol. The Hall–Kier alpha value is -1.82. The zero-order valence-electron chi connectivity index (χ0n) is 9.49. The van der Waals surface area contributed by atoms with Crippen LogP contribution in [0.3, 0.4) is 0 Å². The average Bonchev–Trinajstić information content (AvgIpc) is 2.28. The fourth-order valence-corrected chi connectivity index (χ4v) is 1.48. The smallest absolute Gasteiger partial charge is 0.220 e. The number of nitriles is 1. The van der Waals surface area contributed by atoms with Crippen molar-refractivity contribution in [3.63, 3.8) is 0 Å². The van der Waals surface area contributed by atoms with Gasteiger partial charge in [-0.25, -0.2) is 0 Å². The zero-order valence-corrected chi connectivity index (χ0v) is 9.49. The van der Waals surface area contributed by atoms with Crippen LogP contribution in [-0.2, 0) is 11.2 Å². The summed E-state index contributed by atoms with van der Waals surface area (Å²) in [6, 6.07) is 10.0. The Labute approximate surface area is 96.1 Å². The van der Waals surface area contributed by atoms with Gasteiger partial charge in [-0.1, -0.05) is 24.3 Å². The van der Waals surface area contributed by atoms with Crippen molar-refractivity contribution < 1.29 is 4.79 Å². The number of hydrogen-bond acceptors (Lipinski definition) is 2. The Balaban J connectivity index is 2.32. The third-order valence-corrected chi connectivity index (χ3v) is 2.44. The molecule has 0 spiro atoms. The molecule has 0 aromatic heterocycles. The molecule has 0 unspecified atom stereocenters. The first-order valence-corrected chi connectivity index (χ1v) is 5.42. The van der Waals surface area contributed by atoms with Crippen molar-refractivity contribution in [1.82, 2.24) is 5.32 Å². The van der Waals surface area contributed by atoms with E-state index < -0.39 is 0 Å². The summed E-state index contributed by atoms with van der Waals surface area (Å²) < 4.78 is 0. The first kappa shape index (κ1) is 12.3. The van der Waals surface area contributed by atoms with E-state index in [1.165, 1.54) is 11.1 Å². The average molecular weight is 216 g/mol. The Bertz CT molecular complexity index is 393. The summed E-state index contributed by atoms with van der Waals surface area (Å²) >= 11 is 0. The molecule has 0 aliphatic carbocycles. The van der Waals surface area contributed by atoms with Gasteiger partial charge in [0.2, 0.25) is 5.91 Å². The summed E-state index contributed by atoms with van der Waals surface area (Å²) in [6.07, 6.45) is 1.61. The van der Waals surface area contributed by atoms with Gasteiger partial charge < -0.3 is 5.32 Å². The molecule has 0 bridgehead atoms. The lowest BCUT2D eigenvalue weighted by molar-refractivity contribution is -0.121. The highest BCUT2D eigenvalue weighted by Crippen LogP contribution is 2.09. The lowest BCUT2D eigenvalue weighted by Gasteiger charge is -2.05. The van der Waals surface area contributed by atoms with Crippen molar-refractivity contribution in [2.24, 2.45) is 0 Å². The van der Waals surface area contributed by atoms with Crippen LogP contribution in [0.4, 0.5) is 0 Å². The normalized spacial score (nSPS) is 9.50. The van der Waals surface area contributed by atoms with Gasteiger partial charge in [0.15, 0.2) is 0 Å². The summed E-state index contributed by atoms with van der Waals surface area (Å²) in [7, 11) is 0. The van der Waals surface area contributed by atoms with Crippen LogP contribution in [0.2, 0.25) is 0 Å². The van der Waals surface area contributed by atoms with Crippen molar-refractivity contribution in [2.75, 3.05) is 6.54 Å². The van der Waals surface area contributed by atoms with Crippen LogP contribution in [0.25, 0.3) is 0 Å². The molecule has 1 rings (SSSR count). The van der Waals surface area contributed by atoms with Gasteiger partial charge in [-0.3, -0.25) is 4.79 Å². The molecular formula is C13H16N2O. The Morgan fingerprint density at radius 2 is 2.19 bits per heavy atom. The van der Waals surface area contributed by atoms with Gasteiger partial charge in [0, 0.05) is 13.0 Å². The van der Waals surface area contributed by atoms with E-state index in [0.717, 1.165) is 6.42 Å². The van der Waals surface area contributed by atoms with Crippen LogP contribution in [0.1, 0.15) is 24.0 Å². The highest BCUT2D eigenvalue weighted by atomic mass is 16.1. The topological polar surface area (TPSA) is 52.9 Å². The van der Waals surface area contributed by atoms with Crippen LogP contribution in [-0.4, -0.2) is 12.5 Å². The molecule has 0 aliphatic heterocycles. The first-order valence-electron chi connectivity index (χ1n) is 5.42. The van der Waals surface area contributed by atoms with E-state index in [2.05, 4.69) is 5.32 Å². The quantitative estimate of drug-likeness (QED) is 0.765. The summed E-state index contributed by atoms with van der Waals surface area (Å²) in [6.45, 7) is 2.49. The largest absolute Gasteiger partial charge is 0.355 e. The number of carbonyl (C=O) groups is 1. The van der Waals surface area contributed by atoms with Crippen molar-refractivity contribution >= 4 is 5.91 Å². The Kier molecular flexibility index (Phi) is 5.07. The number of amides is 1. The van der Waals surface area contributed by atoms with E-state index in [1.807, 2.05) is 37.3 Å². The number of carbonyl (C=O) groups excluding carboxylic acids is 1. The summed E-state index contributed by atoms with van der Waals surface area (Å²) in [4.78, 5) is 11.4. The van der Waals surface area contributed by atoms with Crippen LogP contribution in [0, 0.1) is 18.3 Å². The summed E-state index contributed by atoms with van der Waals surface area (Å²) in [5.74, 6) is 0.0125. The Morgan fingerprint density at radius 3 is 2.88 bits per heavy atom. The van der Waals surface area contributed by atoms with Crippen molar-refractivity contribution in [2.45, 2.75) is 26.2 Å². The third kappa shape index (κ3) is 4.14. The molecule has 16 heavy (non-hydrogen) atoms. The minimum absolute atomic E-state index is 0.0125. The van der Waals surface area contributed by atoms with E-state index in [4.69, 9.17) is 5.26 Å². The van der Waals surface area contributed by atoms with Gasteiger partial charge in [-0.05, 0) is 24.5 Å². The maximum absolute atomic E-state index is 11.4. The third-order valence-electron chi connectivity index (χ3n) is 2.44. The van der Waals surface area contributed by atoms with E-state index in [1.54, 1.807) is 0 Å². The minimum atomic E-state index is 0.0125. The number of nitrogens with one attached hydrogen (secondary N) is 1. The van der Waals surface area contributed by atoms with Crippen LogP contribution >= 0.6 is 0 Å². The second kappa shape index (κ2) is 6.62. The Morgan fingerprint density at radius 1 is 1.44 bits per heavy atom. The molecule has 0 aliphatic rings. The molecule has 0 radical (unpaired) electrons. The van der Waals surface area contributed by atoms with Crippen LogP contribution < -0.4 is 5.32 Å². The SMILES string of the molecule is Cc1ccccc1CCC(=O)NCCC#N. The number of hydrogen-bond donors (Lipinski definition) is 1. The van der Waals surface area contributed by atoms with Crippen LogP contribution in [0.15, 0.2) is 24.3 Å². The predicted molar refractivity (Wildman–Crippen MR) is 62.7 cm³/mol. The second-order valence-electron chi connectivity index (χ2n) is 3.68. The molecule has 0 saturated carbocycles. The maximum atomic E-state index is 11.4. The molecule has 0 fully saturated rings. The fourth-order valence-electron chi connectivity index (χ4n) is 1.48. The summed E-state index contributed by atoms with van der Waals surface area (Å²) in [5.41, 5.74) is 2.42. The zero-order chi connectivity index (χ0) is 11.8. The number of benzene rings is 1. The second-order valence-corrected chi connectivity index (χ2v) is 3.68. The molecule has 84 valence electrons. The predicted octanol–water partition coefficient (Wildman–Crippen LogP) is 1.96. The van der Waals surface area contributed by atoms with E-state index in [0.29, 0.717) is 19.4 Å². The van der Waals surface area contributed by atoms with Gasteiger partial charge in [-0.2, -0.15) is 5.26 Å². The summed E-state index contributed by atoms with van der Waals surface area (Å²) in [5, 5.41) is 11.0. The lowest BCUT2D eigenvalue weighted by atomic mass is 10.0. The molecule has 0 saturated heterocycles. The van der Waals surface area contributed by atoms with Gasteiger partial charge in [0.25, 0.3) is 0 Å². The van der Waals surface area contributed by atoms with Crippen molar-refractivity contribution in [3.05, 3.63) is 35.4 Å². The molecule has 0 heterocycles. The van der Waals surface area contributed by atoms with Crippen molar-refractivity contribution in [3.8, 4) is 6.07 Å². The first-order chi connectivity index (χ1) is 7.74. The molecule has 1 aromatic carbocycles. The minimum Gasteiger partial charge on any atom is -0.355 e. The molecule has 3 nitrogen and oxygen atoms in total. The molecule has 3 heteroatoms. The van der Waals surface area contributed by atoms with Crippen molar-refractivity contribution in [1.29, 1.82) is 5.26 Å². The van der Waals surface area contributed by atoms with E-state index in [-0.39, 0.29) is 5.91 Å². The van der Waals surface area contributed by atoms with Gasteiger partial charge in [0.1, 0.15) is 0 Å². The van der Waals surface area contributed by atoms with Crippen LogP contribution in [0.5, 0.6) is 0 Å². The van der Waals surface area contributed by atoms with E-state index >= 15 is 0 Å². The highest BCUT2D eigenvalue weighted by Gasteiger charge is 2.02. The van der Waals surface area contributed by atoms with Gasteiger partial charge in [0.05, 0.1) is 12.5 Å². The lowest BCUT2D eigenvalue weighted by Crippen LogP contribution is -2.24. The standard InChI is InChI=1S/C13H16N2O/c1-11-5-2-3-6-12(11)7-8-13(16)15-10-4-9-14/h2-3,5-6H,4,7-8,10H2,1H3,(H,15,16). The van der Waals surface area contributed by atoms with E-state index in [9.17, 15) is 4.79 Å². The maximum Gasteiger partial charge on any atom is 0.220 e. The number of rotatable bonds is 5.